The van der Waals surface area contributed by atoms with E-state index in [2.05, 4.69) is 0 Å². The molecule has 0 bridgehead atoms. The zero-order valence-electron chi connectivity index (χ0n) is 13.7. The maximum absolute atomic E-state index is 12.4. The number of fused-ring (bicyclic) bond motifs is 1. The molecular formula is C19H21NO3S. The van der Waals surface area contributed by atoms with Crippen LogP contribution in [0.4, 0.5) is 0 Å². The smallest absolute Gasteiger partial charge is 0.251 e. The summed E-state index contributed by atoms with van der Waals surface area (Å²) in [6.07, 6.45) is 5.65. The van der Waals surface area contributed by atoms with Gasteiger partial charge in [0.15, 0.2) is 9.84 Å². The molecule has 5 heteroatoms. The van der Waals surface area contributed by atoms with Crippen LogP contribution in [-0.2, 0) is 22.7 Å². The molecule has 0 saturated carbocycles. The summed E-state index contributed by atoms with van der Waals surface area (Å²) in [5.74, 6) is 0. The predicted molar refractivity (Wildman–Crippen MR) is 94.8 cm³/mol. The zero-order valence-corrected chi connectivity index (χ0v) is 14.5. The molecule has 0 aliphatic heterocycles. The Labute approximate surface area is 142 Å². The highest BCUT2D eigenvalue weighted by atomic mass is 32.2. The van der Waals surface area contributed by atoms with E-state index in [1.807, 2.05) is 13.0 Å². The predicted octanol–water partition coefficient (Wildman–Crippen LogP) is 3.28. The van der Waals surface area contributed by atoms with Gasteiger partial charge >= 0.3 is 0 Å². The summed E-state index contributed by atoms with van der Waals surface area (Å²) in [6, 6.07) is 11.5. The summed E-state index contributed by atoms with van der Waals surface area (Å²) >= 11 is 0. The lowest BCUT2D eigenvalue weighted by molar-refractivity contribution is 0.551. The van der Waals surface area contributed by atoms with Crippen molar-refractivity contribution in [2.45, 2.75) is 43.5 Å². The van der Waals surface area contributed by atoms with E-state index in [0.717, 1.165) is 31.4 Å². The molecule has 24 heavy (non-hydrogen) atoms. The van der Waals surface area contributed by atoms with Gasteiger partial charge in [0.25, 0.3) is 5.56 Å². The fourth-order valence-corrected chi connectivity index (χ4v) is 4.32. The molecule has 0 radical (unpaired) electrons. The van der Waals surface area contributed by atoms with Crippen molar-refractivity contribution in [2.75, 3.05) is 0 Å². The number of nitrogens with zero attached hydrogens (tertiary/aromatic N) is 1. The Morgan fingerprint density at radius 3 is 2.50 bits per heavy atom. The molecule has 0 amide bonds. The van der Waals surface area contributed by atoms with E-state index >= 15 is 0 Å². The average Bonchev–Trinajstić information content (AvgIpc) is 2.60. The van der Waals surface area contributed by atoms with Gasteiger partial charge in [0.1, 0.15) is 0 Å². The van der Waals surface area contributed by atoms with Gasteiger partial charge in [-0.25, -0.2) is 8.42 Å². The van der Waals surface area contributed by atoms with Gasteiger partial charge in [0.05, 0.1) is 10.9 Å². The molecule has 3 rings (SSSR count). The first kappa shape index (κ1) is 16.7. The Morgan fingerprint density at radius 2 is 1.75 bits per heavy atom. The number of allylic oxidation sites excluding steroid dienone is 1. The van der Waals surface area contributed by atoms with Crippen LogP contribution in [0.3, 0.4) is 0 Å². The Kier molecular flexibility index (Phi) is 4.71. The van der Waals surface area contributed by atoms with Crippen LogP contribution in [0.1, 0.15) is 37.1 Å². The van der Waals surface area contributed by atoms with E-state index < -0.39 is 9.84 Å². The maximum atomic E-state index is 12.4. The Morgan fingerprint density at radius 1 is 1.04 bits per heavy atom. The van der Waals surface area contributed by atoms with E-state index in [1.54, 1.807) is 47.0 Å². The standard InChI is InChI=1S/C19H21NO3S/c1-15(13-14-24(22,23)17-8-3-2-4-9-17)20-18-10-6-5-7-16(18)11-12-19(20)21/h2-4,8-9,11-15H,5-7,10H2,1H3/b14-13+. The molecule has 1 heterocycles. The van der Waals surface area contributed by atoms with Crippen molar-refractivity contribution in [1.82, 2.24) is 4.57 Å². The highest BCUT2D eigenvalue weighted by Crippen LogP contribution is 2.23. The summed E-state index contributed by atoms with van der Waals surface area (Å²) in [5.41, 5.74) is 2.17. The molecule has 126 valence electrons. The molecule has 1 aliphatic carbocycles. The van der Waals surface area contributed by atoms with Crippen molar-refractivity contribution < 1.29 is 8.42 Å². The number of aromatic nitrogens is 1. The fourth-order valence-electron chi connectivity index (χ4n) is 3.19. The normalized spacial score (nSPS) is 16.0. The van der Waals surface area contributed by atoms with Crippen molar-refractivity contribution >= 4 is 9.84 Å². The van der Waals surface area contributed by atoms with Gasteiger partial charge in [-0.15, -0.1) is 0 Å². The number of rotatable bonds is 4. The minimum Gasteiger partial charge on any atom is -0.306 e. The van der Waals surface area contributed by atoms with E-state index in [4.69, 9.17) is 0 Å². The molecule has 1 aromatic carbocycles. The average molecular weight is 343 g/mol. The highest BCUT2D eigenvalue weighted by Gasteiger charge is 2.17. The van der Waals surface area contributed by atoms with Gasteiger partial charge in [-0.1, -0.05) is 30.3 Å². The number of benzene rings is 1. The summed E-state index contributed by atoms with van der Waals surface area (Å²) in [7, 11) is -3.49. The molecule has 0 N–H and O–H groups in total. The molecule has 4 nitrogen and oxygen atoms in total. The molecule has 1 unspecified atom stereocenters. The molecule has 0 fully saturated rings. The first-order chi connectivity index (χ1) is 11.5. The molecule has 2 aromatic rings. The lowest BCUT2D eigenvalue weighted by atomic mass is 9.95. The number of hydrogen-bond donors (Lipinski definition) is 0. The Hall–Kier alpha value is -2.14. The van der Waals surface area contributed by atoms with Gasteiger partial charge < -0.3 is 4.57 Å². The van der Waals surface area contributed by atoms with Gasteiger partial charge in [0.2, 0.25) is 0 Å². The van der Waals surface area contributed by atoms with Crippen LogP contribution < -0.4 is 5.56 Å². The number of hydrogen-bond acceptors (Lipinski definition) is 3. The topological polar surface area (TPSA) is 56.1 Å². The van der Waals surface area contributed by atoms with Gasteiger partial charge in [-0.2, -0.15) is 0 Å². The number of sulfone groups is 1. The second-order valence-corrected chi connectivity index (χ2v) is 7.98. The summed E-state index contributed by atoms with van der Waals surface area (Å²) in [4.78, 5) is 12.6. The van der Waals surface area contributed by atoms with Crippen LogP contribution in [0.5, 0.6) is 0 Å². The van der Waals surface area contributed by atoms with E-state index in [1.165, 1.54) is 11.0 Å². The van der Waals surface area contributed by atoms with Crippen LogP contribution >= 0.6 is 0 Å². The van der Waals surface area contributed by atoms with E-state index in [0.29, 0.717) is 0 Å². The first-order valence-electron chi connectivity index (χ1n) is 8.21. The van der Waals surface area contributed by atoms with Gasteiger partial charge in [-0.05, 0) is 50.3 Å². The van der Waals surface area contributed by atoms with Crippen molar-refractivity contribution in [1.29, 1.82) is 0 Å². The molecular weight excluding hydrogens is 322 g/mol. The monoisotopic (exact) mass is 343 g/mol. The number of aryl methyl sites for hydroxylation is 1. The Balaban J connectivity index is 1.94. The lowest BCUT2D eigenvalue weighted by Crippen LogP contribution is -2.27. The third-order valence-corrected chi connectivity index (χ3v) is 5.90. The SMILES string of the molecule is CC(/C=C/S(=O)(=O)c1ccccc1)n1c2c(ccc1=O)CCCC2. The third-order valence-electron chi connectivity index (χ3n) is 4.45. The molecule has 1 atom stereocenters. The van der Waals surface area contributed by atoms with Crippen LogP contribution in [0.15, 0.2) is 63.6 Å². The third kappa shape index (κ3) is 3.36. The summed E-state index contributed by atoms with van der Waals surface area (Å²) in [6.45, 7) is 1.85. The van der Waals surface area contributed by atoms with Crippen LogP contribution in [0.25, 0.3) is 0 Å². The lowest BCUT2D eigenvalue weighted by Gasteiger charge is -2.23. The Bertz CT molecular complexity index is 911. The highest BCUT2D eigenvalue weighted by molar-refractivity contribution is 7.94. The first-order valence-corrected chi connectivity index (χ1v) is 9.75. The zero-order chi connectivity index (χ0) is 17.2. The minimum absolute atomic E-state index is 0.0788. The molecule has 0 spiro atoms. The molecule has 1 aromatic heterocycles. The largest absolute Gasteiger partial charge is 0.306 e. The van der Waals surface area contributed by atoms with Crippen molar-refractivity contribution in [2.24, 2.45) is 0 Å². The quantitative estimate of drug-likeness (QED) is 0.856. The maximum Gasteiger partial charge on any atom is 0.251 e. The number of pyridine rings is 1. The van der Waals surface area contributed by atoms with Gasteiger partial charge in [0, 0.05) is 17.2 Å². The summed E-state index contributed by atoms with van der Waals surface area (Å²) < 4.78 is 26.5. The van der Waals surface area contributed by atoms with Crippen molar-refractivity contribution in [3.05, 3.63) is 75.6 Å². The van der Waals surface area contributed by atoms with Crippen molar-refractivity contribution in [3.8, 4) is 0 Å². The second-order valence-electron chi connectivity index (χ2n) is 6.15. The second kappa shape index (κ2) is 6.77. The molecule has 0 saturated heterocycles. The summed E-state index contributed by atoms with van der Waals surface area (Å²) in [5, 5.41) is 1.21. The van der Waals surface area contributed by atoms with E-state index in [-0.39, 0.29) is 16.5 Å². The molecule has 1 aliphatic rings. The minimum atomic E-state index is -3.49. The van der Waals surface area contributed by atoms with Gasteiger partial charge in [-0.3, -0.25) is 4.79 Å². The van der Waals surface area contributed by atoms with Crippen molar-refractivity contribution in [3.63, 3.8) is 0 Å². The fraction of sp³-hybridized carbons (Fsp3) is 0.316. The van der Waals surface area contributed by atoms with E-state index in [9.17, 15) is 13.2 Å². The van der Waals surface area contributed by atoms with Crippen LogP contribution in [0, 0.1) is 0 Å². The van der Waals surface area contributed by atoms with Crippen LogP contribution in [-0.4, -0.2) is 13.0 Å². The van der Waals surface area contributed by atoms with Crippen LogP contribution in [0.2, 0.25) is 0 Å².